The molecule has 0 amide bonds. The van der Waals surface area contributed by atoms with Crippen LogP contribution < -0.4 is 4.90 Å². The van der Waals surface area contributed by atoms with Crippen LogP contribution in [0.1, 0.15) is 12.8 Å². The fraction of sp³-hybridized carbons (Fsp3) is 0.429. The number of nitrogens with zero attached hydrogens (tertiary/aromatic N) is 3. The van der Waals surface area contributed by atoms with E-state index in [-0.39, 0.29) is 5.60 Å². The van der Waals surface area contributed by atoms with E-state index in [9.17, 15) is 0 Å². The minimum absolute atomic E-state index is 0.243. The van der Waals surface area contributed by atoms with Gasteiger partial charge in [0.05, 0.1) is 23.2 Å². The van der Waals surface area contributed by atoms with E-state index >= 15 is 0 Å². The van der Waals surface area contributed by atoms with Gasteiger partial charge in [0, 0.05) is 31.2 Å². The highest BCUT2D eigenvalue weighted by molar-refractivity contribution is 5.78. The van der Waals surface area contributed by atoms with Crippen LogP contribution in [0.3, 0.4) is 0 Å². The lowest BCUT2D eigenvalue weighted by molar-refractivity contribution is 0.259. The van der Waals surface area contributed by atoms with Crippen molar-refractivity contribution in [2.45, 2.75) is 18.4 Å². The van der Waals surface area contributed by atoms with Crippen molar-refractivity contribution in [3.63, 3.8) is 0 Å². The lowest BCUT2D eigenvalue weighted by Crippen LogP contribution is -2.37. The van der Waals surface area contributed by atoms with Crippen LogP contribution in [0.2, 0.25) is 0 Å². The molecular weight excluding hydrogens is 226 g/mol. The first kappa shape index (κ1) is 10.3. The van der Waals surface area contributed by atoms with Crippen LogP contribution in [0, 0.1) is 0 Å². The van der Waals surface area contributed by atoms with Crippen LogP contribution in [0.25, 0.3) is 11.0 Å². The van der Waals surface area contributed by atoms with Crippen LogP contribution in [0.5, 0.6) is 0 Å². The number of hydrogen-bond donors (Lipinski definition) is 0. The van der Waals surface area contributed by atoms with Gasteiger partial charge >= 0.3 is 0 Å². The number of ether oxygens (including phenoxy) is 1. The Bertz CT molecular complexity index is 584. The van der Waals surface area contributed by atoms with Crippen LogP contribution >= 0.6 is 0 Å². The minimum Gasteiger partial charge on any atom is -0.371 e. The van der Waals surface area contributed by atoms with Crippen molar-refractivity contribution in [3.05, 3.63) is 30.6 Å². The summed E-state index contributed by atoms with van der Waals surface area (Å²) >= 11 is 0. The molecule has 0 radical (unpaired) electrons. The molecule has 1 spiro atoms. The molecule has 0 bridgehead atoms. The fourth-order valence-electron chi connectivity index (χ4n) is 2.71. The lowest BCUT2D eigenvalue weighted by atomic mass is 9.97. The van der Waals surface area contributed by atoms with Crippen molar-refractivity contribution >= 4 is 16.7 Å². The number of rotatable bonds is 1. The summed E-state index contributed by atoms with van der Waals surface area (Å²) in [7, 11) is 0. The molecule has 1 aromatic heterocycles. The summed E-state index contributed by atoms with van der Waals surface area (Å²) in [5.74, 6) is 0. The number of benzene rings is 1. The maximum Gasteiger partial charge on any atom is 0.0950 e. The van der Waals surface area contributed by atoms with Gasteiger partial charge in [0.25, 0.3) is 0 Å². The predicted molar refractivity (Wildman–Crippen MR) is 69.7 cm³/mol. The molecule has 2 fully saturated rings. The van der Waals surface area contributed by atoms with Crippen molar-refractivity contribution in [1.82, 2.24) is 9.97 Å². The molecule has 2 aromatic rings. The van der Waals surface area contributed by atoms with Crippen molar-refractivity contribution in [2.75, 3.05) is 24.6 Å². The molecular formula is C14H15N3O. The highest BCUT2D eigenvalue weighted by Crippen LogP contribution is 2.39. The molecule has 92 valence electrons. The molecule has 18 heavy (non-hydrogen) atoms. The zero-order valence-electron chi connectivity index (χ0n) is 10.2. The van der Waals surface area contributed by atoms with Gasteiger partial charge in [-0.05, 0) is 31.0 Å². The molecule has 0 atom stereocenters. The molecule has 2 saturated heterocycles. The molecule has 4 heteroatoms. The average Bonchev–Trinajstić information content (AvgIpc) is 3.19. The first-order valence-electron chi connectivity index (χ1n) is 6.44. The van der Waals surface area contributed by atoms with E-state index in [0.717, 1.165) is 43.6 Å². The normalized spacial score (nSPS) is 21.4. The van der Waals surface area contributed by atoms with Gasteiger partial charge in [-0.2, -0.15) is 0 Å². The number of aromatic nitrogens is 2. The van der Waals surface area contributed by atoms with E-state index in [2.05, 4.69) is 33.1 Å². The SMILES string of the molecule is c1cnc2cc(N3CCC4(CC3)CO4)ccc2n1. The van der Waals surface area contributed by atoms with E-state index in [0.29, 0.717) is 0 Å². The van der Waals surface area contributed by atoms with Crippen molar-refractivity contribution in [1.29, 1.82) is 0 Å². The molecule has 2 aliphatic rings. The van der Waals surface area contributed by atoms with Crippen molar-refractivity contribution < 1.29 is 4.74 Å². The van der Waals surface area contributed by atoms with Gasteiger partial charge in [-0.1, -0.05) is 0 Å². The Morgan fingerprint density at radius 1 is 1.06 bits per heavy atom. The maximum absolute atomic E-state index is 5.54. The number of piperidine rings is 1. The highest BCUT2D eigenvalue weighted by Gasteiger charge is 2.46. The third-order valence-corrected chi connectivity index (χ3v) is 4.05. The summed E-state index contributed by atoms with van der Waals surface area (Å²) < 4.78 is 5.54. The Kier molecular flexibility index (Phi) is 2.08. The topological polar surface area (TPSA) is 41.6 Å². The molecule has 4 nitrogen and oxygen atoms in total. The summed E-state index contributed by atoms with van der Waals surface area (Å²) in [4.78, 5) is 11.1. The van der Waals surface area contributed by atoms with E-state index in [1.54, 1.807) is 12.4 Å². The lowest BCUT2D eigenvalue weighted by Gasteiger charge is -2.32. The van der Waals surface area contributed by atoms with Crippen molar-refractivity contribution in [3.8, 4) is 0 Å². The Morgan fingerprint density at radius 3 is 2.50 bits per heavy atom. The molecule has 4 rings (SSSR count). The van der Waals surface area contributed by atoms with Gasteiger partial charge in [0.1, 0.15) is 0 Å². The molecule has 3 heterocycles. The second kappa shape index (κ2) is 3.65. The number of epoxide rings is 1. The van der Waals surface area contributed by atoms with Gasteiger partial charge < -0.3 is 9.64 Å². The predicted octanol–water partition coefficient (Wildman–Crippen LogP) is 2.00. The summed E-state index contributed by atoms with van der Waals surface area (Å²) in [6, 6.07) is 6.33. The summed E-state index contributed by atoms with van der Waals surface area (Å²) in [6.45, 7) is 3.11. The van der Waals surface area contributed by atoms with Crippen LogP contribution in [-0.4, -0.2) is 35.3 Å². The summed E-state index contributed by atoms with van der Waals surface area (Å²) in [5, 5.41) is 0. The summed E-state index contributed by atoms with van der Waals surface area (Å²) in [5.41, 5.74) is 3.42. The molecule has 1 aromatic carbocycles. The van der Waals surface area contributed by atoms with Gasteiger partial charge in [0.15, 0.2) is 0 Å². The minimum atomic E-state index is 0.243. The average molecular weight is 241 g/mol. The third kappa shape index (κ3) is 1.64. The van der Waals surface area contributed by atoms with E-state index < -0.39 is 0 Å². The Hall–Kier alpha value is -1.68. The molecule has 0 N–H and O–H groups in total. The number of fused-ring (bicyclic) bond motifs is 1. The standard InChI is InChI=1S/C14H15N3O/c1-2-12-13(16-6-5-15-12)9-11(1)17-7-3-14(4-8-17)10-18-14/h1-2,5-6,9H,3-4,7-8,10H2. The van der Waals surface area contributed by atoms with E-state index in [1.807, 2.05) is 0 Å². The van der Waals surface area contributed by atoms with Gasteiger partial charge in [-0.15, -0.1) is 0 Å². The highest BCUT2D eigenvalue weighted by atomic mass is 16.6. The largest absolute Gasteiger partial charge is 0.371 e. The Morgan fingerprint density at radius 2 is 1.78 bits per heavy atom. The Labute approximate surface area is 106 Å². The number of anilines is 1. The van der Waals surface area contributed by atoms with Gasteiger partial charge in [-0.25, -0.2) is 0 Å². The van der Waals surface area contributed by atoms with Crippen molar-refractivity contribution in [2.24, 2.45) is 0 Å². The first-order chi connectivity index (χ1) is 8.85. The molecule has 0 aliphatic carbocycles. The molecule has 2 aliphatic heterocycles. The second-order valence-electron chi connectivity index (χ2n) is 5.19. The van der Waals surface area contributed by atoms with Crippen LogP contribution in [0.4, 0.5) is 5.69 Å². The van der Waals surface area contributed by atoms with E-state index in [1.165, 1.54) is 5.69 Å². The monoisotopic (exact) mass is 241 g/mol. The second-order valence-corrected chi connectivity index (χ2v) is 5.19. The van der Waals surface area contributed by atoms with E-state index in [4.69, 9.17) is 4.74 Å². The smallest absolute Gasteiger partial charge is 0.0950 e. The molecule has 0 saturated carbocycles. The summed E-state index contributed by atoms with van der Waals surface area (Å²) in [6.07, 6.45) is 5.77. The number of hydrogen-bond acceptors (Lipinski definition) is 4. The van der Waals surface area contributed by atoms with Gasteiger partial charge in [-0.3, -0.25) is 9.97 Å². The first-order valence-corrected chi connectivity index (χ1v) is 6.44. The molecule has 0 unspecified atom stereocenters. The fourth-order valence-corrected chi connectivity index (χ4v) is 2.71. The Balaban J connectivity index is 1.62. The van der Waals surface area contributed by atoms with Gasteiger partial charge in [0.2, 0.25) is 0 Å². The van der Waals surface area contributed by atoms with Crippen LogP contribution in [0.15, 0.2) is 30.6 Å². The maximum atomic E-state index is 5.54. The van der Waals surface area contributed by atoms with Crippen LogP contribution in [-0.2, 0) is 4.74 Å². The quantitative estimate of drug-likeness (QED) is 0.716. The zero-order valence-corrected chi connectivity index (χ0v) is 10.2. The zero-order chi connectivity index (χ0) is 12.0. The third-order valence-electron chi connectivity index (χ3n) is 4.05.